The number of rotatable bonds is 1. The zero-order valence-electron chi connectivity index (χ0n) is 6.71. The standard InChI is InChI=1S/C8H15NO2/c9-8(10)11-7-5-3-1-2-4-6-7/h7H,1-6H2,(H2,9,10). The van der Waals surface area contributed by atoms with Crippen molar-refractivity contribution >= 4 is 6.09 Å². The molecule has 2 N–H and O–H groups in total. The van der Waals surface area contributed by atoms with E-state index >= 15 is 0 Å². The number of hydrogen-bond donors (Lipinski definition) is 1. The van der Waals surface area contributed by atoms with Crippen LogP contribution in [0.15, 0.2) is 0 Å². The Kier molecular flexibility index (Phi) is 3.20. The number of amides is 1. The van der Waals surface area contributed by atoms with E-state index in [1.807, 2.05) is 0 Å². The van der Waals surface area contributed by atoms with E-state index in [0.29, 0.717) is 0 Å². The number of carbonyl (C=O) groups excluding carboxylic acids is 1. The summed E-state index contributed by atoms with van der Waals surface area (Å²) in [7, 11) is 0. The quantitative estimate of drug-likeness (QED) is 0.590. The lowest BCUT2D eigenvalue weighted by molar-refractivity contribution is 0.0972. The molecule has 0 aliphatic heterocycles. The number of hydrogen-bond acceptors (Lipinski definition) is 2. The van der Waals surface area contributed by atoms with Gasteiger partial charge in [-0.05, 0) is 25.7 Å². The van der Waals surface area contributed by atoms with Gasteiger partial charge in [0.1, 0.15) is 6.10 Å². The summed E-state index contributed by atoms with van der Waals surface area (Å²) in [6.07, 6.45) is 6.30. The van der Waals surface area contributed by atoms with E-state index in [4.69, 9.17) is 10.5 Å². The van der Waals surface area contributed by atoms with Crippen LogP contribution in [-0.2, 0) is 4.74 Å². The van der Waals surface area contributed by atoms with Gasteiger partial charge in [0, 0.05) is 0 Å². The Labute approximate surface area is 66.9 Å². The van der Waals surface area contributed by atoms with Gasteiger partial charge in [-0.25, -0.2) is 4.79 Å². The van der Waals surface area contributed by atoms with Gasteiger partial charge >= 0.3 is 6.09 Å². The van der Waals surface area contributed by atoms with Gasteiger partial charge in [0.2, 0.25) is 0 Å². The Morgan fingerprint density at radius 2 is 1.73 bits per heavy atom. The molecule has 3 heteroatoms. The zero-order chi connectivity index (χ0) is 8.10. The minimum atomic E-state index is -0.628. The predicted octanol–water partition coefficient (Wildman–Crippen LogP) is 1.80. The number of primary amides is 1. The first kappa shape index (κ1) is 8.37. The molecule has 0 aromatic carbocycles. The second-order valence-electron chi connectivity index (χ2n) is 3.05. The lowest BCUT2D eigenvalue weighted by Crippen LogP contribution is -2.22. The summed E-state index contributed by atoms with van der Waals surface area (Å²) in [5, 5.41) is 0. The molecule has 1 saturated carbocycles. The van der Waals surface area contributed by atoms with Crippen LogP contribution in [0.1, 0.15) is 38.5 Å². The summed E-state index contributed by atoms with van der Waals surface area (Å²) in [5.74, 6) is 0. The molecule has 0 bridgehead atoms. The minimum absolute atomic E-state index is 0.0926. The summed E-state index contributed by atoms with van der Waals surface area (Å²) < 4.78 is 4.91. The molecule has 64 valence electrons. The molecule has 0 unspecified atom stereocenters. The van der Waals surface area contributed by atoms with Crippen molar-refractivity contribution in [3.63, 3.8) is 0 Å². The van der Waals surface area contributed by atoms with Crippen LogP contribution >= 0.6 is 0 Å². The van der Waals surface area contributed by atoms with E-state index in [-0.39, 0.29) is 6.10 Å². The fraction of sp³-hybridized carbons (Fsp3) is 0.875. The predicted molar refractivity (Wildman–Crippen MR) is 42.2 cm³/mol. The van der Waals surface area contributed by atoms with Crippen LogP contribution in [0.3, 0.4) is 0 Å². The maximum absolute atomic E-state index is 10.4. The fourth-order valence-electron chi connectivity index (χ4n) is 1.52. The highest BCUT2D eigenvalue weighted by atomic mass is 16.6. The Morgan fingerprint density at radius 3 is 2.18 bits per heavy atom. The molecule has 0 spiro atoms. The monoisotopic (exact) mass is 157 g/mol. The average molecular weight is 157 g/mol. The number of ether oxygens (including phenoxy) is 1. The molecule has 0 aromatic heterocycles. The summed E-state index contributed by atoms with van der Waals surface area (Å²) in [6, 6.07) is 0. The van der Waals surface area contributed by atoms with E-state index in [9.17, 15) is 4.79 Å². The van der Waals surface area contributed by atoms with Gasteiger partial charge in [-0.3, -0.25) is 0 Å². The summed E-state index contributed by atoms with van der Waals surface area (Å²) in [6.45, 7) is 0. The van der Waals surface area contributed by atoms with Crippen molar-refractivity contribution in [1.29, 1.82) is 0 Å². The minimum Gasteiger partial charge on any atom is -0.446 e. The zero-order valence-corrected chi connectivity index (χ0v) is 6.71. The molecule has 11 heavy (non-hydrogen) atoms. The van der Waals surface area contributed by atoms with Gasteiger partial charge in [-0.15, -0.1) is 0 Å². The lowest BCUT2D eigenvalue weighted by Gasteiger charge is -2.12. The Balaban J connectivity index is 2.25. The first-order valence-corrected chi connectivity index (χ1v) is 4.25. The van der Waals surface area contributed by atoms with Crippen molar-refractivity contribution in [2.75, 3.05) is 0 Å². The first-order chi connectivity index (χ1) is 5.29. The molecule has 3 nitrogen and oxygen atoms in total. The van der Waals surface area contributed by atoms with Gasteiger partial charge in [0.25, 0.3) is 0 Å². The third-order valence-corrected chi connectivity index (χ3v) is 2.09. The Morgan fingerprint density at radius 1 is 1.18 bits per heavy atom. The molecule has 1 rings (SSSR count). The van der Waals surface area contributed by atoms with Gasteiger partial charge in [-0.1, -0.05) is 12.8 Å². The van der Waals surface area contributed by atoms with Crippen LogP contribution in [0.4, 0.5) is 4.79 Å². The maximum Gasteiger partial charge on any atom is 0.404 e. The molecule has 1 aliphatic carbocycles. The lowest BCUT2D eigenvalue weighted by atomic mass is 10.2. The summed E-state index contributed by atoms with van der Waals surface area (Å²) in [5.41, 5.74) is 4.91. The van der Waals surface area contributed by atoms with E-state index in [0.717, 1.165) is 25.7 Å². The van der Waals surface area contributed by atoms with Crippen molar-refractivity contribution in [1.82, 2.24) is 0 Å². The molecule has 1 fully saturated rings. The van der Waals surface area contributed by atoms with Crippen molar-refractivity contribution in [2.45, 2.75) is 44.6 Å². The maximum atomic E-state index is 10.4. The molecule has 0 saturated heterocycles. The van der Waals surface area contributed by atoms with E-state index in [1.165, 1.54) is 12.8 Å². The van der Waals surface area contributed by atoms with E-state index < -0.39 is 6.09 Å². The average Bonchev–Trinajstić information content (AvgIpc) is 2.14. The third-order valence-electron chi connectivity index (χ3n) is 2.09. The van der Waals surface area contributed by atoms with E-state index in [1.54, 1.807) is 0 Å². The second-order valence-corrected chi connectivity index (χ2v) is 3.05. The second kappa shape index (κ2) is 4.21. The fourth-order valence-corrected chi connectivity index (χ4v) is 1.52. The highest BCUT2D eigenvalue weighted by Crippen LogP contribution is 2.19. The highest BCUT2D eigenvalue weighted by Gasteiger charge is 2.14. The Bertz CT molecular complexity index is 128. The summed E-state index contributed by atoms with van der Waals surface area (Å²) >= 11 is 0. The molecule has 0 heterocycles. The number of nitrogens with two attached hydrogens (primary N) is 1. The molecule has 0 aromatic rings. The largest absolute Gasteiger partial charge is 0.446 e. The molecule has 0 radical (unpaired) electrons. The first-order valence-electron chi connectivity index (χ1n) is 4.25. The third kappa shape index (κ3) is 3.25. The molecular weight excluding hydrogens is 142 g/mol. The van der Waals surface area contributed by atoms with Crippen LogP contribution in [-0.4, -0.2) is 12.2 Å². The SMILES string of the molecule is NC(=O)OC1CCCCCC1. The van der Waals surface area contributed by atoms with Crippen LogP contribution in [0.5, 0.6) is 0 Å². The molecular formula is C8H15NO2. The van der Waals surface area contributed by atoms with Crippen LogP contribution < -0.4 is 5.73 Å². The van der Waals surface area contributed by atoms with Crippen molar-refractivity contribution in [2.24, 2.45) is 5.73 Å². The van der Waals surface area contributed by atoms with Gasteiger partial charge < -0.3 is 10.5 Å². The summed E-state index contributed by atoms with van der Waals surface area (Å²) in [4.78, 5) is 10.4. The van der Waals surface area contributed by atoms with Gasteiger partial charge in [0.15, 0.2) is 0 Å². The van der Waals surface area contributed by atoms with Crippen molar-refractivity contribution in [3.8, 4) is 0 Å². The number of carbonyl (C=O) groups is 1. The van der Waals surface area contributed by atoms with E-state index in [2.05, 4.69) is 0 Å². The van der Waals surface area contributed by atoms with Gasteiger partial charge in [-0.2, -0.15) is 0 Å². The molecule has 1 aliphatic rings. The molecule has 1 amide bonds. The highest BCUT2D eigenvalue weighted by molar-refractivity contribution is 5.64. The van der Waals surface area contributed by atoms with Gasteiger partial charge in [0.05, 0.1) is 0 Å². The van der Waals surface area contributed by atoms with Crippen LogP contribution in [0, 0.1) is 0 Å². The molecule has 0 atom stereocenters. The normalized spacial score (nSPS) is 20.7. The van der Waals surface area contributed by atoms with Crippen LogP contribution in [0.2, 0.25) is 0 Å². The Hall–Kier alpha value is -0.730. The van der Waals surface area contributed by atoms with Crippen LogP contribution in [0.25, 0.3) is 0 Å². The smallest absolute Gasteiger partial charge is 0.404 e. The topological polar surface area (TPSA) is 52.3 Å². The van der Waals surface area contributed by atoms with Crippen molar-refractivity contribution in [3.05, 3.63) is 0 Å². The van der Waals surface area contributed by atoms with Crippen molar-refractivity contribution < 1.29 is 9.53 Å².